The van der Waals surface area contributed by atoms with E-state index in [1.807, 2.05) is 32.6 Å². The van der Waals surface area contributed by atoms with Gasteiger partial charge in [0.1, 0.15) is 5.88 Å². The van der Waals surface area contributed by atoms with Crippen molar-refractivity contribution in [1.82, 2.24) is 9.21 Å². The fraction of sp³-hybridized carbons (Fsp3) is 0.875. The van der Waals surface area contributed by atoms with E-state index < -0.39 is 10.0 Å². The normalized spacial score (nSPS) is 21.3. The summed E-state index contributed by atoms with van der Waals surface area (Å²) in [4.78, 5) is 1.85. The van der Waals surface area contributed by atoms with Gasteiger partial charge in [0, 0.05) is 45.4 Å². The van der Waals surface area contributed by atoms with Crippen molar-refractivity contribution in [3.63, 3.8) is 0 Å². The summed E-state index contributed by atoms with van der Waals surface area (Å²) in [5.74, 6) is 0.105. The minimum Gasteiger partial charge on any atom is -0.341 e. The van der Waals surface area contributed by atoms with Gasteiger partial charge in [0.05, 0.1) is 0 Å². The Morgan fingerprint density at radius 3 is 1.86 bits per heavy atom. The number of rotatable bonds is 1. The molecule has 1 radical (unpaired) electrons. The van der Waals surface area contributed by atoms with Crippen molar-refractivity contribution < 1.29 is 41.1 Å². The van der Waals surface area contributed by atoms with E-state index in [-0.39, 0.29) is 44.6 Å². The molecule has 0 aromatic rings. The molecule has 0 N–H and O–H groups in total. The van der Waals surface area contributed by atoms with Gasteiger partial charge in [-0.25, -0.2) is 8.42 Å². The van der Waals surface area contributed by atoms with Crippen molar-refractivity contribution in [1.29, 1.82) is 0 Å². The third-order valence-electron chi connectivity index (χ3n) is 1.79. The zero-order chi connectivity index (χ0) is 10.6. The van der Waals surface area contributed by atoms with Crippen molar-refractivity contribution in [3.8, 4) is 0 Å². The molecule has 1 rings (SSSR count). The molecule has 14 heavy (non-hydrogen) atoms. The number of hydrogen-bond acceptors (Lipinski definition) is 3. The molecular weight excluding hydrogens is 277 g/mol. The van der Waals surface area contributed by atoms with Crippen molar-refractivity contribution in [3.05, 3.63) is 7.05 Å². The number of nitrogens with zero attached hydrogens (tertiary/aromatic N) is 2. The zero-order valence-corrected chi connectivity index (χ0v) is 13.0. The zero-order valence-electron chi connectivity index (χ0n) is 9.40. The Balaban J connectivity index is 0. The fourth-order valence-electron chi connectivity index (χ4n) is 0.935. The molecule has 0 unspecified atom stereocenters. The maximum atomic E-state index is 11.1. The van der Waals surface area contributed by atoms with Crippen LogP contribution < -0.4 is 0 Å². The van der Waals surface area contributed by atoms with Crippen LogP contribution in [0.25, 0.3) is 0 Å². The summed E-state index contributed by atoms with van der Waals surface area (Å²) in [6.07, 6.45) is 0. The monoisotopic (exact) mass is 296 g/mol. The number of hydrogen-bond donors (Lipinski definition) is 0. The Hall–Kier alpha value is 0.974. The Morgan fingerprint density at radius 1 is 1.29 bits per heavy atom. The minimum absolute atomic E-state index is 0. The van der Waals surface area contributed by atoms with Crippen LogP contribution in [-0.2, 0) is 42.7 Å². The minimum atomic E-state index is -3.07. The topological polar surface area (TPSA) is 40.6 Å². The molecule has 83 valence electrons. The fourth-order valence-corrected chi connectivity index (χ4v) is 2.22. The molecule has 1 aliphatic rings. The van der Waals surface area contributed by atoms with Crippen LogP contribution in [0.3, 0.4) is 0 Å². The van der Waals surface area contributed by atoms with Gasteiger partial charge in [0.15, 0.2) is 0 Å². The van der Waals surface area contributed by atoms with Gasteiger partial charge in [0.25, 0.3) is 0 Å². The Labute approximate surface area is 113 Å². The van der Waals surface area contributed by atoms with Crippen molar-refractivity contribution >= 4 is 10.0 Å². The van der Waals surface area contributed by atoms with E-state index in [1.54, 1.807) is 0 Å². The van der Waals surface area contributed by atoms with Crippen LogP contribution in [0.15, 0.2) is 0 Å². The van der Waals surface area contributed by atoms with Gasteiger partial charge in [-0.3, -0.25) is 11.9 Å². The molecule has 0 atom stereocenters. The molecular formula is C8H19N2O2SY-. The molecule has 0 spiro atoms. The average Bonchev–Trinajstić information content (AvgIpc) is 2.31. The maximum Gasteiger partial charge on any atom is 0.201 e. The standard InChI is InChI=1S/C6H13N2O2S.C2H6.Y/c1-6(2)8-4-7(3)11(9,10)5-8;1-2;/h6H,3-5H2,1-2H3;1-2H3;/q-1;;. The summed E-state index contributed by atoms with van der Waals surface area (Å²) in [6, 6.07) is 0.261. The summed E-state index contributed by atoms with van der Waals surface area (Å²) >= 11 is 0. The summed E-state index contributed by atoms with van der Waals surface area (Å²) < 4.78 is 23.3. The van der Waals surface area contributed by atoms with Crippen molar-refractivity contribution in [2.75, 3.05) is 12.5 Å². The van der Waals surface area contributed by atoms with Crippen LogP contribution in [-0.4, -0.2) is 36.2 Å². The predicted molar refractivity (Wildman–Crippen MR) is 54.2 cm³/mol. The van der Waals surface area contributed by atoms with Crippen LogP contribution in [0.2, 0.25) is 0 Å². The quantitative estimate of drug-likeness (QED) is 0.680. The molecule has 1 saturated heterocycles. The van der Waals surface area contributed by atoms with Gasteiger partial charge in [-0.05, 0) is 13.8 Å². The molecule has 4 nitrogen and oxygen atoms in total. The maximum absolute atomic E-state index is 11.1. The molecule has 1 aliphatic heterocycles. The van der Waals surface area contributed by atoms with E-state index in [2.05, 4.69) is 7.05 Å². The molecule has 0 aromatic carbocycles. The van der Waals surface area contributed by atoms with E-state index in [0.29, 0.717) is 6.67 Å². The van der Waals surface area contributed by atoms with E-state index in [9.17, 15) is 8.42 Å². The number of sulfonamides is 1. The van der Waals surface area contributed by atoms with Gasteiger partial charge in [0.2, 0.25) is 10.0 Å². The second-order valence-corrected chi connectivity index (χ2v) is 4.96. The predicted octanol–water partition coefficient (Wildman–Crippen LogP) is 1.07. The van der Waals surface area contributed by atoms with Crippen LogP contribution in [0.4, 0.5) is 0 Å². The Bertz CT molecular complexity index is 242. The van der Waals surface area contributed by atoms with E-state index >= 15 is 0 Å². The first-order chi connectivity index (χ1) is 5.93. The summed E-state index contributed by atoms with van der Waals surface area (Å²) in [7, 11) is 0.356. The summed E-state index contributed by atoms with van der Waals surface area (Å²) in [5.41, 5.74) is 0. The summed E-state index contributed by atoms with van der Waals surface area (Å²) in [6.45, 7) is 8.35. The molecule has 6 heteroatoms. The molecule has 0 saturated carbocycles. The van der Waals surface area contributed by atoms with Crippen molar-refractivity contribution in [2.24, 2.45) is 0 Å². The average molecular weight is 296 g/mol. The second kappa shape index (κ2) is 7.28. The van der Waals surface area contributed by atoms with E-state index in [4.69, 9.17) is 0 Å². The third-order valence-corrected chi connectivity index (χ3v) is 3.35. The molecule has 0 bridgehead atoms. The van der Waals surface area contributed by atoms with E-state index in [0.717, 1.165) is 4.31 Å². The van der Waals surface area contributed by atoms with Gasteiger partial charge < -0.3 is 4.31 Å². The Morgan fingerprint density at radius 2 is 1.71 bits per heavy atom. The van der Waals surface area contributed by atoms with Crippen LogP contribution in [0.5, 0.6) is 0 Å². The largest absolute Gasteiger partial charge is 0.341 e. The van der Waals surface area contributed by atoms with Crippen LogP contribution in [0, 0.1) is 7.05 Å². The first-order valence-corrected chi connectivity index (χ1v) is 6.09. The van der Waals surface area contributed by atoms with Crippen LogP contribution in [0.1, 0.15) is 27.7 Å². The van der Waals surface area contributed by atoms with Gasteiger partial charge in [-0.2, -0.15) is 0 Å². The van der Waals surface area contributed by atoms with Gasteiger partial charge in [-0.15, -0.1) is 0 Å². The van der Waals surface area contributed by atoms with Crippen LogP contribution >= 0.6 is 0 Å². The molecule has 0 aliphatic carbocycles. The van der Waals surface area contributed by atoms with Gasteiger partial charge in [-0.1, -0.05) is 13.8 Å². The smallest absolute Gasteiger partial charge is 0.201 e. The summed E-state index contributed by atoms with van der Waals surface area (Å²) in [5, 5.41) is 0. The first kappa shape index (κ1) is 17.4. The van der Waals surface area contributed by atoms with Gasteiger partial charge >= 0.3 is 0 Å². The van der Waals surface area contributed by atoms with E-state index in [1.165, 1.54) is 0 Å². The van der Waals surface area contributed by atoms with Crippen molar-refractivity contribution in [2.45, 2.75) is 33.7 Å². The third kappa shape index (κ3) is 4.66. The molecule has 0 amide bonds. The SMILES string of the molecule is CC.[CH2-]N1CN(C(C)C)CS1(=O)=O.[Y]. The molecule has 1 fully saturated rings. The Kier molecular flexibility index (Phi) is 9.03. The second-order valence-electron chi connectivity index (χ2n) is 3.02. The molecule has 0 aromatic heterocycles. The molecule has 1 heterocycles. The first-order valence-electron chi connectivity index (χ1n) is 4.48.